The van der Waals surface area contributed by atoms with Crippen molar-refractivity contribution < 1.29 is 4.79 Å². The average molecular weight is 507 g/mol. The number of carbonyl (C=O) groups is 1. The van der Waals surface area contributed by atoms with E-state index in [0.29, 0.717) is 11.8 Å². The molecule has 1 aliphatic heterocycles. The van der Waals surface area contributed by atoms with Gasteiger partial charge >= 0.3 is 179 Å². The first-order valence-electron chi connectivity index (χ1n) is 10.1. The molecule has 2 rings (SSSR count). The summed E-state index contributed by atoms with van der Waals surface area (Å²) in [6, 6.07) is 7.75. The monoisotopic (exact) mass is 506 g/mol. The van der Waals surface area contributed by atoms with Crippen molar-refractivity contribution in [3.63, 3.8) is 0 Å². The minimum absolute atomic E-state index is 0.292. The van der Waals surface area contributed by atoms with Gasteiger partial charge in [-0.15, -0.1) is 0 Å². The van der Waals surface area contributed by atoms with Gasteiger partial charge in [-0.05, 0) is 0 Å². The molecule has 0 bridgehead atoms. The number of hydrogen-bond donors (Lipinski definition) is 1. The number of hydrogen-bond acceptors (Lipinski definition) is 2. The molecule has 1 fully saturated rings. The number of halogens is 2. The Morgan fingerprint density at radius 3 is 2.33 bits per heavy atom. The second-order valence-electron chi connectivity index (χ2n) is 8.29. The van der Waals surface area contributed by atoms with Crippen LogP contribution in [0.5, 0.6) is 0 Å². The number of amides is 1. The number of alkyl halides is 3. The molecule has 0 aliphatic carbocycles. The van der Waals surface area contributed by atoms with Crippen molar-refractivity contribution in [2.45, 2.75) is 52.0 Å². The van der Waals surface area contributed by atoms with Crippen molar-refractivity contribution in [1.29, 1.82) is 0 Å². The Kier molecular flexibility index (Phi) is 8.72. The van der Waals surface area contributed by atoms with Gasteiger partial charge in [0, 0.05) is 0 Å². The quantitative estimate of drug-likeness (QED) is 0.349. The van der Waals surface area contributed by atoms with Crippen molar-refractivity contribution in [3.05, 3.63) is 29.3 Å². The summed E-state index contributed by atoms with van der Waals surface area (Å²) in [5.41, 5.74) is 0.486. The summed E-state index contributed by atoms with van der Waals surface area (Å²) in [4.78, 5) is 20.5. The predicted molar refractivity (Wildman–Crippen MR) is 128 cm³/mol. The van der Waals surface area contributed by atoms with Crippen molar-refractivity contribution in [2.75, 3.05) is 32.7 Å². The van der Waals surface area contributed by atoms with Gasteiger partial charge < -0.3 is 0 Å². The van der Waals surface area contributed by atoms with Gasteiger partial charge in [0.25, 0.3) is 0 Å². The van der Waals surface area contributed by atoms with Crippen LogP contribution in [0.2, 0.25) is 5.02 Å². The first-order chi connectivity index (χ1) is 12.8. The van der Waals surface area contributed by atoms with Crippen molar-refractivity contribution in [2.24, 2.45) is 11.8 Å². The van der Waals surface area contributed by atoms with Gasteiger partial charge in [-0.3, -0.25) is 0 Å². The third-order valence-electron chi connectivity index (χ3n) is 5.91. The number of likely N-dealkylation sites (tertiary alicyclic amines) is 1. The van der Waals surface area contributed by atoms with Gasteiger partial charge in [0.1, 0.15) is 0 Å². The van der Waals surface area contributed by atoms with E-state index in [2.05, 4.69) is 40.8 Å². The van der Waals surface area contributed by atoms with E-state index < -0.39 is 25.4 Å². The Bertz CT molecular complexity index is 597. The van der Waals surface area contributed by atoms with Gasteiger partial charge in [-0.2, -0.15) is 0 Å². The van der Waals surface area contributed by atoms with E-state index in [1.54, 1.807) is 0 Å². The SMILES string of the molecule is CCC(CCI(C)C)(Nc1ccc(Cl)cc1)C(=O)N1CCC(C(C)C)CC1. The molecule has 0 radical (unpaired) electrons. The van der Waals surface area contributed by atoms with Crippen LogP contribution in [-0.2, 0) is 4.79 Å². The topological polar surface area (TPSA) is 32.3 Å². The molecular formula is C22H36ClIN2O. The second-order valence-corrected chi connectivity index (χ2v) is 15.0. The summed E-state index contributed by atoms with van der Waals surface area (Å²) in [5.74, 6) is 1.75. The number of benzene rings is 1. The summed E-state index contributed by atoms with van der Waals surface area (Å²) in [7, 11) is 0. The Morgan fingerprint density at radius 1 is 1.26 bits per heavy atom. The number of anilines is 1. The van der Waals surface area contributed by atoms with Crippen LogP contribution in [-0.4, -0.2) is 43.7 Å². The normalized spacial score (nSPS) is 18.3. The van der Waals surface area contributed by atoms with E-state index in [9.17, 15) is 4.79 Å². The summed E-state index contributed by atoms with van der Waals surface area (Å²) >= 11 is 5.14. The Balaban J connectivity index is 2.19. The van der Waals surface area contributed by atoms with Gasteiger partial charge in [-0.25, -0.2) is 0 Å². The molecule has 1 aliphatic rings. The van der Waals surface area contributed by atoms with Crippen molar-refractivity contribution >= 4 is 43.0 Å². The first kappa shape index (κ1) is 22.8. The van der Waals surface area contributed by atoms with E-state index in [1.807, 2.05) is 24.3 Å². The van der Waals surface area contributed by atoms with Crippen LogP contribution in [0.1, 0.15) is 46.5 Å². The number of piperidine rings is 1. The summed E-state index contributed by atoms with van der Waals surface area (Å²) < 4.78 is 1.19. The summed E-state index contributed by atoms with van der Waals surface area (Å²) in [6.45, 7) is 8.53. The number of rotatable bonds is 8. The average Bonchev–Trinajstić information content (AvgIpc) is 2.66. The van der Waals surface area contributed by atoms with Crippen LogP contribution in [0, 0.1) is 11.8 Å². The molecule has 1 aromatic carbocycles. The fraction of sp³-hybridized carbons (Fsp3) is 0.682. The van der Waals surface area contributed by atoms with Crippen LogP contribution < -0.4 is 5.32 Å². The molecule has 5 heteroatoms. The zero-order valence-corrected chi connectivity index (χ0v) is 20.4. The van der Waals surface area contributed by atoms with Crippen LogP contribution in [0.25, 0.3) is 0 Å². The Hall–Kier alpha value is -0.490. The van der Waals surface area contributed by atoms with Crippen LogP contribution in [0.15, 0.2) is 24.3 Å². The van der Waals surface area contributed by atoms with E-state index in [-0.39, 0.29) is 0 Å². The van der Waals surface area contributed by atoms with Crippen molar-refractivity contribution in [3.8, 4) is 0 Å². The molecule has 1 N–H and O–H groups in total. The molecule has 1 unspecified atom stereocenters. The van der Waals surface area contributed by atoms with Gasteiger partial charge in [0.15, 0.2) is 0 Å². The van der Waals surface area contributed by atoms with Crippen LogP contribution in [0.4, 0.5) is 5.69 Å². The molecular weight excluding hydrogens is 471 g/mol. The van der Waals surface area contributed by atoms with Gasteiger partial charge in [0.05, 0.1) is 0 Å². The molecule has 3 nitrogen and oxygen atoms in total. The molecule has 0 spiro atoms. The fourth-order valence-corrected chi connectivity index (χ4v) is 6.00. The molecule has 0 saturated carbocycles. The van der Waals surface area contributed by atoms with E-state index in [1.165, 1.54) is 4.43 Å². The van der Waals surface area contributed by atoms with Crippen molar-refractivity contribution in [1.82, 2.24) is 4.90 Å². The molecule has 1 saturated heterocycles. The second kappa shape index (κ2) is 10.3. The van der Waals surface area contributed by atoms with Crippen LogP contribution >= 0.6 is 31.4 Å². The maximum absolute atomic E-state index is 13.7. The zero-order chi connectivity index (χ0) is 20.0. The fourth-order valence-electron chi connectivity index (χ4n) is 3.87. The molecule has 1 aromatic rings. The maximum atomic E-state index is 13.7. The zero-order valence-electron chi connectivity index (χ0n) is 17.5. The summed E-state index contributed by atoms with van der Waals surface area (Å²) in [6.07, 6.45) is 3.99. The predicted octanol–water partition coefficient (Wildman–Crippen LogP) is 5.95. The standard InChI is InChI=1S/C22H36ClIN2O/c1-6-22(13-14-24(4)5,25-20-9-7-19(23)8-10-20)21(27)26-15-11-18(12-16-26)17(2)3/h7-10,17-18,25H,6,11-16H2,1-5H3. The number of nitrogens with one attached hydrogen (secondary N) is 1. The third kappa shape index (κ3) is 6.25. The molecule has 1 atom stereocenters. The first-order valence-corrected chi connectivity index (χ1v) is 16.3. The molecule has 27 heavy (non-hydrogen) atoms. The number of carbonyl (C=O) groups excluding carboxylic acids is 1. The van der Waals surface area contributed by atoms with E-state index in [4.69, 9.17) is 11.6 Å². The summed E-state index contributed by atoms with van der Waals surface area (Å²) in [5, 5.41) is 4.35. The Labute approximate surface area is 178 Å². The van der Waals surface area contributed by atoms with Gasteiger partial charge in [-0.1, -0.05) is 0 Å². The molecule has 0 aromatic heterocycles. The Morgan fingerprint density at radius 2 is 1.85 bits per heavy atom. The van der Waals surface area contributed by atoms with Gasteiger partial charge in [0.2, 0.25) is 0 Å². The number of nitrogens with zero attached hydrogens (tertiary/aromatic N) is 1. The molecule has 1 amide bonds. The third-order valence-corrected chi connectivity index (χ3v) is 8.86. The molecule has 1 heterocycles. The van der Waals surface area contributed by atoms with Crippen LogP contribution in [0.3, 0.4) is 0 Å². The van der Waals surface area contributed by atoms with E-state index in [0.717, 1.165) is 55.4 Å². The molecule has 154 valence electrons. The van der Waals surface area contributed by atoms with E-state index >= 15 is 0 Å². The minimum atomic E-state index is -0.907.